The minimum absolute atomic E-state index is 0.226. The maximum absolute atomic E-state index is 12.8. The lowest BCUT2D eigenvalue weighted by Gasteiger charge is -2.31. The van der Waals surface area contributed by atoms with Crippen LogP contribution in [0.3, 0.4) is 0 Å². The minimum atomic E-state index is -0.308. The summed E-state index contributed by atoms with van der Waals surface area (Å²) in [5.41, 5.74) is 2.20. The van der Waals surface area contributed by atoms with Crippen LogP contribution in [0.15, 0.2) is 29.3 Å². The van der Waals surface area contributed by atoms with Crippen LogP contribution in [0.2, 0.25) is 0 Å². The first-order valence-corrected chi connectivity index (χ1v) is 11.6. The van der Waals surface area contributed by atoms with E-state index in [1.807, 2.05) is 14.1 Å². The summed E-state index contributed by atoms with van der Waals surface area (Å²) < 4.78 is 5.45. The van der Waals surface area contributed by atoms with Crippen LogP contribution in [0, 0.1) is 5.41 Å². The molecule has 7 nitrogen and oxygen atoms in total. The van der Waals surface area contributed by atoms with Crippen molar-refractivity contribution >= 4 is 11.9 Å². The Labute approximate surface area is 187 Å². The second-order valence-electron chi connectivity index (χ2n) is 8.94. The highest BCUT2D eigenvalue weighted by Crippen LogP contribution is 2.38. The number of ether oxygens (including phenoxy) is 1. The Bertz CT molecular complexity index is 737. The molecule has 1 aromatic carbocycles. The van der Waals surface area contributed by atoms with Gasteiger partial charge in [-0.3, -0.25) is 9.69 Å². The number of morpholine rings is 1. The number of guanidine groups is 1. The Kier molecular flexibility index (Phi) is 8.72. The molecule has 7 heteroatoms. The molecule has 1 heterocycles. The number of benzene rings is 1. The number of aliphatic imine (C=N–C) groups is 1. The van der Waals surface area contributed by atoms with Crippen LogP contribution in [-0.4, -0.2) is 75.2 Å². The topological polar surface area (TPSA) is 69.2 Å². The van der Waals surface area contributed by atoms with Gasteiger partial charge in [-0.1, -0.05) is 37.1 Å². The van der Waals surface area contributed by atoms with Crippen LogP contribution in [0.25, 0.3) is 0 Å². The molecule has 31 heavy (non-hydrogen) atoms. The third-order valence-corrected chi connectivity index (χ3v) is 6.28. The van der Waals surface area contributed by atoms with Crippen LogP contribution in [0.4, 0.5) is 0 Å². The average Bonchev–Trinajstić information content (AvgIpc) is 3.26. The van der Waals surface area contributed by atoms with Crippen molar-refractivity contribution in [1.82, 2.24) is 20.4 Å². The second kappa shape index (κ2) is 11.5. The van der Waals surface area contributed by atoms with Crippen LogP contribution < -0.4 is 10.6 Å². The molecule has 172 valence electrons. The lowest BCUT2D eigenvalue weighted by atomic mass is 9.84. The van der Waals surface area contributed by atoms with Crippen molar-refractivity contribution in [2.75, 3.05) is 53.5 Å². The van der Waals surface area contributed by atoms with Gasteiger partial charge in [-0.15, -0.1) is 0 Å². The van der Waals surface area contributed by atoms with Crippen molar-refractivity contribution in [3.05, 3.63) is 35.4 Å². The molecule has 0 spiro atoms. The van der Waals surface area contributed by atoms with E-state index in [1.54, 1.807) is 4.90 Å². The van der Waals surface area contributed by atoms with Crippen molar-refractivity contribution < 1.29 is 9.53 Å². The molecule has 0 unspecified atom stereocenters. The van der Waals surface area contributed by atoms with E-state index in [0.29, 0.717) is 13.1 Å². The summed E-state index contributed by atoms with van der Waals surface area (Å²) in [6.45, 7) is 8.67. The summed E-state index contributed by atoms with van der Waals surface area (Å²) in [6, 6.07) is 8.67. The molecule has 2 aliphatic rings. The fourth-order valence-electron chi connectivity index (χ4n) is 4.60. The van der Waals surface area contributed by atoms with Crippen LogP contribution >= 0.6 is 0 Å². The average molecular weight is 430 g/mol. The van der Waals surface area contributed by atoms with Crippen molar-refractivity contribution in [1.29, 1.82) is 0 Å². The first-order chi connectivity index (χ1) is 15.0. The molecule has 1 saturated carbocycles. The highest BCUT2D eigenvalue weighted by atomic mass is 16.5. The standard InChI is InChI=1S/C24H39N5O2/c1-4-25-23(27-19-24(10-5-6-11-24)22(30)28(2)3)26-17-20-8-7-9-21(16-20)18-29-12-14-31-15-13-29/h7-9,16H,4-6,10-15,17-19H2,1-3H3,(H2,25,26,27). The number of rotatable bonds is 8. The zero-order valence-corrected chi connectivity index (χ0v) is 19.5. The molecule has 1 aromatic rings. The van der Waals surface area contributed by atoms with Crippen LogP contribution in [0.5, 0.6) is 0 Å². The lowest BCUT2D eigenvalue weighted by Crippen LogP contribution is -2.49. The fourth-order valence-corrected chi connectivity index (χ4v) is 4.60. The summed E-state index contributed by atoms with van der Waals surface area (Å²) in [5.74, 6) is 1.00. The summed E-state index contributed by atoms with van der Waals surface area (Å²) in [6.07, 6.45) is 4.12. The lowest BCUT2D eigenvalue weighted by molar-refractivity contribution is -0.138. The second-order valence-corrected chi connectivity index (χ2v) is 8.94. The number of hydrogen-bond acceptors (Lipinski definition) is 4. The monoisotopic (exact) mass is 429 g/mol. The number of amides is 1. The molecule has 3 rings (SSSR count). The van der Waals surface area contributed by atoms with Gasteiger partial charge in [0, 0.05) is 46.8 Å². The van der Waals surface area contributed by atoms with E-state index in [-0.39, 0.29) is 11.3 Å². The van der Waals surface area contributed by atoms with Gasteiger partial charge in [0.2, 0.25) is 5.91 Å². The molecule has 2 fully saturated rings. The Balaban J connectivity index is 1.61. The van der Waals surface area contributed by atoms with Crippen molar-refractivity contribution in [2.24, 2.45) is 10.4 Å². The molecule has 1 amide bonds. The number of hydrogen-bond donors (Lipinski definition) is 2. The summed E-state index contributed by atoms with van der Waals surface area (Å²) in [7, 11) is 3.71. The summed E-state index contributed by atoms with van der Waals surface area (Å²) in [5, 5.41) is 6.79. The van der Waals surface area contributed by atoms with Crippen LogP contribution in [-0.2, 0) is 22.6 Å². The van der Waals surface area contributed by atoms with Crippen LogP contribution in [0.1, 0.15) is 43.7 Å². The predicted octanol–water partition coefficient (Wildman–Crippen LogP) is 2.22. The van der Waals surface area contributed by atoms with E-state index in [1.165, 1.54) is 11.1 Å². The first kappa shape index (κ1) is 23.5. The van der Waals surface area contributed by atoms with Gasteiger partial charge in [-0.25, -0.2) is 4.99 Å². The maximum atomic E-state index is 12.8. The predicted molar refractivity (Wildman–Crippen MR) is 125 cm³/mol. The largest absolute Gasteiger partial charge is 0.379 e. The van der Waals surface area contributed by atoms with Crippen molar-refractivity contribution in [3.8, 4) is 0 Å². The van der Waals surface area contributed by atoms with Gasteiger partial charge < -0.3 is 20.3 Å². The zero-order chi connectivity index (χ0) is 22.1. The van der Waals surface area contributed by atoms with E-state index in [2.05, 4.69) is 46.7 Å². The molecule has 1 aliphatic carbocycles. The number of nitrogens with zero attached hydrogens (tertiary/aromatic N) is 3. The zero-order valence-electron chi connectivity index (χ0n) is 19.5. The molecular weight excluding hydrogens is 390 g/mol. The molecule has 1 aliphatic heterocycles. The van der Waals surface area contributed by atoms with E-state index in [0.717, 1.165) is 71.0 Å². The third kappa shape index (κ3) is 6.68. The minimum Gasteiger partial charge on any atom is -0.379 e. The summed E-state index contributed by atoms with van der Waals surface area (Å²) in [4.78, 5) is 21.8. The van der Waals surface area contributed by atoms with Gasteiger partial charge in [0.05, 0.1) is 25.2 Å². The van der Waals surface area contributed by atoms with E-state index >= 15 is 0 Å². The summed E-state index contributed by atoms with van der Waals surface area (Å²) >= 11 is 0. The molecule has 0 atom stereocenters. The van der Waals surface area contributed by atoms with Gasteiger partial charge >= 0.3 is 0 Å². The number of nitrogens with one attached hydrogen (secondary N) is 2. The molecule has 0 radical (unpaired) electrons. The molecule has 1 saturated heterocycles. The quantitative estimate of drug-likeness (QED) is 0.490. The Morgan fingerprint density at radius 2 is 1.87 bits per heavy atom. The fraction of sp³-hybridized carbons (Fsp3) is 0.667. The van der Waals surface area contributed by atoms with E-state index in [9.17, 15) is 4.79 Å². The first-order valence-electron chi connectivity index (χ1n) is 11.6. The normalized spacial score (nSPS) is 19.3. The van der Waals surface area contributed by atoms with E-state index < -0.39 is 0 Å². The smallest absolute Gasteiger partial charge is 0.230 e. The number of carbonyl (C=O) groups is 1. The molecule has 2 N–H and O–H groups in total. The van der Waals surface area contributed by atoms with E-state index in [4.69, 9.17) is 9.73 Å². The Hall–Kier alpha value is -2.12. The van der Waals surface area contributed by atoms with Gasteiger partial charge in [-0.05, 0) is 30.9 Å². The van der Waals surface area contributed by atoms with Gasteiger partial charge in [0.1, 0.15) is 0 Å². The Morgan fingerprint density at radius 3 is 2.55 bits per heavy atom. The highest BCUT2D eigenvalue weighted by Gasteiger charge is 2.42. The van der Waals surface area contributed by atoms with Gasteiger partial charge in [-0.2, -0.15) is 0 Å². The molecular formula is C24H39N5O2. The van der Waals surface area contributed by atoms with Gasteiger partial charge in [0.25, 0.3) is 0 Å². The number of carbonyl (C=O) groups excluding carboxylic acids is 1. The van der Waals surface area contributed by atoms with Crippen molar-refractivity contribution in [3.63, 3.8) is 0 Å². The maximum Gasteiger partial charge on any atom is 0.230 e. The molecule has 0 aromatic heterocycles. The highest BCUT2D eigenvalue weighted by molar-refractivity contribution is 5.85. The molecule has 0 bridgehead atoms. The van der Waals surface area contributed by atoms with Gasteiger partial charge in [0.15, 0.2) is 5.96 Å². The third-order valence-electron chi connectivity index (χ3n) is 6.28. The van der Waals surface area contributed by atoms with Crippen molar-refractivity contribution in [2.45, 2.75) is 45.7 Å². The SMILES string of the molecule is CCNC(=NCc1cccc(CN2CCOCC2)c1)NCC1(C(=O)N(C)C)CCCC1. The Morgan fingerprint density at radius 1 is 1.16 bits per heavy atom.